The molecule has 0 fully saturated rings. The van der Waals surface area contributed by atoms with E-state index in [1.54, 1.807) is 24.3 Å². The van der Waals surface area contributed by atoms with Gasteiger partial charge in [0.15, 0.2) is 0 Å². The van der Waals surface area contributed by atoms with Gasteiger partial charge in [-0.1, -0.05) is 6.92 Å². The number of nitrogens with one attached hydrogen (secondary N) is 1. The monoisotopic (exact) mass is 245 g/mol. The Kier molecular flexibility index (Phi) is 5.89. The lowest BCUT2D eigenvalue weighted by molar-refractivity contribution is -0.116. The standard InChI is InChI=1S/C14H19N3O/c1-3-17(2)10-4-5-14(18)16-13-8-6-12(11-15)7-9-13/h6-9H,3-5,10H2,1-2H3,(H,16,18). The van der Waals surface area contributed by atoms with Gasteiger partial charge in [-0.2, -0.15) is 5.26 Å². The second-order valence-corrected chi connectivity index (χ2v) is 4.24. The van der Waals surface area contributed by atoms with Gasteiger partial charge in [-0.3, -0.25) is 4.79 Å². The third kappa shape index (κ3) is 4.98. The number of hydrogen-bond donors (Lipinski definition) is 1. The zero-order valence-corrected chi connectivity index (χ0v) is 10.9. The number of anilines is 1. The second-order valence-electron chi connectivity index (χ2n) is 4.24. The van der Waals surface area contributed by atoms with E-state index in [0.717, 1.165) is 25.2 Å². The molecule has 0 bridgehead atoms. The lowest BCUT2D eigenvalue weighted by Gasteiger charge is -2.13. The van der Waals surface area contributed by atoms with Crippen molar-refractivity contribution in [2.75, 3.05) is 25.5 Å². The van der Waals surface area contributed by atoms with E-state index >= 15 is 0 Å². The minimum Gasteiger partial charge on any atom is -0.326 e. The van der Waals surface area contributed by atoms with Crippen LogP contribution in [0.4, 0.5) is 5.69 Å². The lowest BCUT2D eigenvalue weighted by atomic mass is 10.2. The fraction of sp³-hybridized carbons (Fsp3) is 0.429. The van der Waals surface area contributed by atoms with Gasteiger partial charge in [0.1, 0.15) is 0 Å². The molecule has 0 aliphatic carbocycles. The summed E-state index contributed by atoms with van der Waals surface area (Å²) in [6.45, 7) is 4.02. The fourth-order valence-corrected chi connectivity index (χ4v) is 1.52. The minimum atomic E-state index is 0.0178. The van der Waals surface area contributed by atoms with E-state index in [-0.39, 0.29) is 5.91 Å². The maximum absolute atomic E-state index is 11.6. The van der Waals surface area contributed by atoms with Crippen LogP contribution in [0.3, 0.4) is 0 Å². The molecule has 18 heavy (non-hydrogen) atoms. The van der Waals surface area contributed by atoms with Gasteiger partial charge in [0.05, 0.1) is 11.6 Å². The molecule has 1 amide bonds. The van der Waals surface area contributed by atoms with E-state index in [0.29, 0.717) is 12.0 Å². The molecule has 0 saturated carbocycles. The van der Waals surface area contributed by atoms with E-state index in [2.05, 4.69) is 17.1 Å². The summed E-state index contributed by atoms with van der Waals surface area (Å²) < 4.78 is 0. The van der Waals surface area contributed by atoms with Gasteiger partial charge in [0, 0.05) is 12.1 Å². The van der Waals surface area contributed by atoms with Crippen LogP contribution in [0.2, 0.25) is 0 Å². The van der Waals surface area contributed by atoms with Gasteiger partial charge in [0.25, 0.3) is 0 Å². The predicted molar refractivity (Wildman–Crippen MR) is 72.2 cm³/mol. The zero-order valence-electron chi connectivity index (χ0n) is 10.9. The van der Waals surface area contributed by atoms with Gasteiger partial charge < -0.3 is 10.2 Å². The highest BCUT2D eigenvalue weighted by atomic mass is 16.1. The maximum Gasteiger partial charge on any atom is 0.224 e. The summed E-state index contributed by atoms with van der Waals surface area (Å²) in [6.07, 6.45) is 1.37. The highest BCUT2D eigenvalue weighted by Gasteiger charge is 2.03. The summed E-state index contributed by atoms with van der Waals surface area (Å²) in [5.74, 6) is 0.0178. The van der Waals surface area contributed by atoms with Crippen LogP contribution in [-0.2, 0) is 4.79 Å². The van der Waals surface area contributed by atoms with Crippen molar-refractivity contribution in [1.82, 2.24) is 4.90 Å². The van der Waals surface area contributed by atoms with Crippen molar-refractivity contribution < 1.29 is 4.79 Å². The molecule has 0 unspecified atom stereocenters. The first kappa shape index (κ1) is 14.2. The SMILES string of the molecule is CCN(C)CCCC(=O)Nc1ccc(C#N)cc1. The van der Waals surface area contributed by atoms with Crippen LogP contribution in [0.25, 0.3) is 0 Å². The molecule has 0 atom stereocenters. The summed E-state index contributed by atoms with van der Waals surface area (Å²) in [7, 11) is 2.04. The number of amides is 1. The average molecular weight is 245 g/mol. The molecule has 1 aromatic carbocycles. The van der Waals surface area contributed by atoms with Crippen molar-refractivity contribution in [2.45, 2.75) is 19.8 Å². The van der Waals surface area contributed by atoms with Crippen LogP contribution in [0, 0.1) is 11.3 Å². The Morgan fingerprint density at radius 3 is 2.61 bits per heavy atom. The van der Waals surface area contributed by atoms with Gasteiger partial charge in [-0.05, 0) is 50.8 Å². The number of nitrogens with zero attached hydrogens (tertiary/aromatic N) is 2. The van der Waals surface area contributed by atoms with Crippen molar-refractivity contribution in [2.24, 2.45) is 0 Å². The van der Waals surface area contributed by atoms with Crippen LogP contribution in [0.5, 0.6) is 0 Å². The first-order chi connectivity index (χ1) is 8.65. The number of hydrogen-bond acceptors (Lipinski definition) is 3. The molecule has 0 radical (unpaired) electrons. The third-order valence-corrected chi connectivity index (χ3v) is 2.78. The molecular formula is C14H19N3O. The van der Waals surface area contributed by atoms with Gasteiger partial charge >= 0.3 is 0 Å². The van der Waals surface area contributed by atoms with Crippen LogP contribution in [0.1, 0.15) is 25.3 Å². The van der Waals surface area contributed by atoms with E-state index in [1.807, 2.05) is 13.1 Å². The molecule has 0 spiro atoms. The molecular weight excluding hydrogens is 226 g/mol. The number of rotatable bonds is 6. The molecule has 0 aliphatic heterocycles. The van der Waals surface area contributed by atoms with Gasteiger partial charge in [-0.15, -0.1) is 0 Å². The molecule has 1 N–H and O–H groups in total. The zero-order chi connectivity index (χ0) is 13.4. The Morgan fingerprint density at radius 1 is 1.39 bits per heavy atom. The topological polar surface area (TPSA) is 56.1 Å². The van der Waals surface area contributed by atoms with Crippen molar-refractivity contribution in [3.8, 4) is 6.07 Å². The molecule has 0 aliphatic rings. The van der Waals surface area contributed by atoms with E-state index in [9.17, 15) is 4.79 Å². The quantitative estimate of drug-likeness (QED) is 0.836. The fourth-order valence-electron chi connectivity index (χ4n) is 1.52. The van der Waals surface area contributed by atoms with Crippen molar-refractivity contribution in [3.05, 3.63) is 29.8 Å². The molecule has 0 heterocycles. The van der Waals surface area contributed by atoms with Crippen LogP contribution in [-0.4, -0.2) is 30.9 Å². The van der Waals surface area contributed by atoms with Gasteiger partial charge in [-0.25, -0.2) is 0 Å². The van der Waals surface area contributed by atoms with Crippen LogP contribution < -0.4 is 5.32 Å². The first-order valence-electron chi connectivity index (χ1n) is 6.14. The largest absolute Gasteiger partial charge is 0.326 e. The van der Waals surface area contributed by atoms with E-state index < -0.39 is 0 Å². The molecule has 1 rings (SSSR count). The summed E-state index contributed by atoms with van der Waals surface area (Å²) in [6, 6.07) is 8.92. The highest BCUT2D eigenvalue weighted by molar-refractivity contribution is 5.90. The van der Waals surface area contributed by atoms with Crippen molar-refractivity contribution >= 4 is 11.6 Å². The second kappa shape index (κ2) is 7.46. The molecule has 0 aromatic heterocycles. The summed E-state index contributed by atoms with van der Waals surface area (Å²) in [5.41, 5.74) is 1.33. The van der Waals surface area contributed by atoms with Crippen molar-refractivity contribution in [1.29, 1.82) is 5.26 Å². The molecule has 4 heteroatoms. The Labute approximate surface area is 108 Å². The summed E-state index contributed by atoms with van der Waals surface area (Å²) in [4.78, 5) is 13.8. The molecule has 1 aromatic rings. The van der Waals surface area contributed by atoms with E-state index in [4.69, 9.17) is 5.26 Å². The summed E-state index contributed by atoms with van der Waals surface area (Å²) in [5, 5.41) is 11.5. The number of benzene rings is 1. The predicted octanol–water partition coefficient (Wildman–Crippen LogP) is 2.23. The Balaban J connectivity index is 2.33. The normalized spacial score (nSPS) is 10.1. The molecule has 0 saturated heterocycles. The number of carbonyl (C=O) groups excluding carboxylic acids is 1. The minimum absolute atomic E-state index is 0.0178. The van der Waals surface area contributed by atoms with Crippen LogP contribution >= 0.6 is 0 Å². The molecule has 4 nitrogen and oxygen atoms in total. The smallest absolute Gasteiger partial charge is 0.224 e. The highest BCUT2D eigenvalue weighted by Crippen LogP contribution is 2.09. The average Bonchev–Trinajstić information content (AvgIpc) is 2.39. The van der Waals surface area contributed by atoms with Gasteiger partial charge in [0.2, 0.25) is 5.91 Å². The number of carbonyl (C=O) groups is 1. The first-order valence-corrected chi connectivity index (χ1v) is 6.14. The Bertz CT molecular complexity index is 420. The maximum atomic E-state index is 11.6. The lowest BCUT2D eigenvalue weighted by Crippen LogP contribution is -2.20. The Hall–Kier alpha value is -1.86. The Morgan fingerprint density at radius 2 is 2.06 bits per heavy atom. The number of nitriles is 1. The van der Waals surface area contributed by atoms with E-state index in [1.165, 1.54) is 0 Å². The van der Waals surface area contributed by atoms with Crippen LogP contribution in [0.15, 0.2) is 24.3 Å². The van der Waals surface area contributed by atoms with Crippen molar-refractivity contribution in [3.63, 3.8) is 0 Å². The summed E-state index contributed by atoms with van der Waals surface area (Å²) >= 11 is 0. The third-order valence-electron chi connectivity index (χ3n) is 2.78. The molecule has 96 valence electrons.